The van der Waals surface area contributed by atoms with E-state index in [1.807, 2.05) is 0 Å². The van der Waals surface area contributed by atoms with Gasteiger partial charge in [-0.1, -0.05) is 41.9 Å². The van der Waals surface area contributed by atoms with Gasteiger partial charge in [-0.3, -0.25) is 9.88 Å². The van der Waals surface area contributed by atoms with Gasteiger partial charge in [0, 0.05) is 6.54 Å². The van der Waals surface area contributed by atoms with Gasteiger partial charge in [-0.2, -0.15) is 0 Å². The molecule has 0 bridgehead atoms. The second-order valence-electron chi connectivity index (χ2n) is 5.74. The highest BCUT2D eigenvalue weighted by Gasteiger charge is 2.19. The molecule has 110 valence electrons. The standard InChI is InChI=1S/C17H20ClN3/c18-17-12-19-16(11-20-17)13-21-8-6-15(7-9-21)10-14-4-2-1-3-5-14/h1-5,11-12,15H,6-10,13H2. The Morgan fingerprint density at radius 1 is 1.05 bits per heavy atom. The van der Waals surface area contributed by atoms with Crippen molar-refractivity contribution in [1.82, 2.24) is 14.9 Å². The minimum Gasteiger partial charge on any atom is -0.297 e. The first kappa shape index (κ1) is 14.5. The first-order chi connectivity index (χ1) is 10.3. The number of benzene rings is 1. The van der Waals surface area contributed by atoms with Crippen molar-refractivity contribution in [2.45, 2.75) is 25.8 Å². The summed E-state index contributed by atoms with van der Waals surface area (Å²) in [6, 6.07) is 10.8. The van der Waals surface area contributed by atoms with Crippen molar-refractivity contribution < 1.29 is 0 Å². The zero-order chi connectivity index (χ0) is 14.5. The largest absolute Gasteiger partial charge is 0.297 e. The lowest BCUT2D eigenvalue weighted by Gasteiger charge is -2.31. The summed E-state index contributed by atoms with van der Waals surface area (Å²) < 4.78 is 0. The molecule has 1 aromatic carbocycles. The van der Waals surface area contributed by atoms with Crippen molar-refractivity contribution >= 4 is 11.6 Å². The van der Waals surface area contributed by atoms with Gasteiger partial charge in [0.1, 0.15) is 5.15 Å². The molecule has 1 aliphatic heterocycles. The average molecular weight is 302 g/mol. The predicted molar refractivity (Wildman–Crippen MR) is 85.2 cm³/mol. The average Bonchev–Trinajstić information content (AvgIpc) is 2.53. The Labute approximate surface area is 131 Å². The van der Waals surface area contributed by atoms with E-state index in [0.717, 1.165) is 31.2 Å². The van der Waals surface area contributed by atoms with Crippen LogP contribution in [0.15, 0.2) is 42.7 Å². The van der Waals surface area contributed by atoms with Crippen molar-refractivity contribution in [3.8, 4) is 0 Å². The molecule has 21 heavy (non-hydrogen) atoms. The Morgan fingerprint density at radius 3 is 2.48 bits per heavy atom. The van der Waals surface area contributed by atoms with Gasteiger partial charge in [-0.05, 0) is 43.8 Å². The maximum absolute atomic E-state index is 5.76. The van der Waals surface area contributed by atoms with E-state index in [1.54, 1.807) is 12.4 Å². The molecule has 0 aliphatic carbocycles. The molecule has 1 saturated heterocycles. The number of nitrogens with zero attached hydrogens (tertiary/aromatic N) is 3. The molecule has 0 atom stereocenters. The Hall–Kier alpha value is -1.45. The number of aromatic nitrogens is 2. The first-order valence-corrected chi connectivity index (χ1v) is 7.90. The fourth-order valence-electron chi connectivity index (χ4n) is 2.95. The van der Waals surface area contributed by atoms with E-state index < -0.39 is 0 Å². The molecule has 0 N–H and O–H groups in total. The van der Waals surface area contributed by atoms with Crippen LogP contribution in [0.4, 0.5) is 0 Å². The molecule has 2 heterocycles. The number of rotatable bonds is 4. The second-order valence-corrected chi connectivity index (χ2v) is 6.13. The van der Waals surface area contributed by atoms with Crippen molar-refractivity contribution in [2.24, 2.45) is 5.92 Å². The van der Waals surface area contributed by atoms with Crippen LogP contribution in [0.3, 0.4) is 0 Å². The molecular weight excluding hydrogens is 282 g/mol. The highest BCUT2D eigenvalue weighted by Crippen LogP contribution is 2.22. The summed E-state index contributed by atoms with van der Waals surface area (Å²) in [6.07, 6.45) is 7.12. The van der Waals surface area contributed by atoms with Gasteiger partial charge in [0.2, 0.25) is 0 Å². The molecule has 1 aromatic heterocycles. The van der Waals surface area contributed by atoms with Gasteiger partial charge in [-0.25, -0.2) is 4.98 Å². The summed E-state index contributed by atoms with van der Waals surface area (Å²) >= 11 is 5.76. The summed E-state index contributed by atoms with van der Waals surface area (Å²) in [5.41, 5.74) is 2.46. The van der Waals surface area contributed by atoms with Crippen LogP contribution in [0.5, 0.6) is 0 Å². The third kappa shape index (κ3) is 4.26. The Morgan fingerprint density at radius 2 is 1.81 bits per heavy atom. The molecule has 0 radical (unpaired) electrons. The number of hydrogen-bond acceptors (Lipinski definition) is 3. The van der Waals surface area contributed by atoms with Crippen LogP contribution in [-0.4, -0.2) is 28.0 Å². The highest BCUT2D eigenvalue weighted by molar-refractivity contribution is 6.29. The maximum Gasteiger partial charge on any atom is 0.147 e. The van der Waals surface area contributed by atoms with Gasteiger partial charge >= 0.3 is 0 Å². The Balaban J connectivity index is 1.47. The lowest BCUT2D eigenvalue weighted by Crippen LogP contribution is -2.34. The van der Waals surface area contributed by atoms with Crippen LogP contribution < -0.4 is 0 Å². The fraction of sp³-hybridized carbons (Fsp3) is 0.412. The van der Waals surface area contributed by atoms with Gasteiger partial charge in [0.05, 0.1) is 18.1 Å². The van der Waals surface area contributed by atoms with Crippen LogP contribution in [-0.2, 0) is 13.0 Å². The number of hydrogen-bond donors (Lipinski definition) is 0. The second kappa shape index (κ2) is 7.01. The summed E-state index contributed by atoms with van der Waals surface area (Å²) in [5, 5.41) is 0.459. The first-order valence-electron chi connectivity index (χ1n) is 7.52. The summed E-state index contributed by atoms with van der Waals surface area (Å²) in [4.78, 5) is 10.9. The summed E-state index contributed by atoms with van der Waals surface area (Å²) in [6.45, 7) is 3.16. The minimum atomic E-state index is 0.459. The van der Waals surface area contributed by atoms with Crippen LogP contribution in [0.2, 0.25) is 5.15 Å². The van der Waals surface area contributed by atoms with E-state index in [4.69, 9.17) is 11.6 Å². The molecule has 0 amide bonds. The molecular formula is C17H20ClN3. The van der Waals surface area contributed by atoms with E-state index >= 15 is 0 Å². The van der Waals surface area contributed by atoms with Crippen LogP contribution in [0.25, 0.3) is 0 Å². The topological polar surface area (TPSA) is 29.0 Å². The van der Waals surface area contributed by atoms with Crippen LogP contribution in [0.1, 0.15) is 24.1 Å². The van der Waals surface area contributed by atoms with E-state index in [1.165, 1.54) is 24.8 Å². The Kier molecular flexibility index (Phi) is 4.84. The minimum absolute atomic E-state index is 0.459. The van der Waals surface area contributed by atoms with E-state index in [0.29, 0.717) is 5.15 Å². The molecule has 3 rings (SSSR count). The van der Waals surface area contributed by atoms with Gasteiger partial charge in [0.15, 0.2) is 0 Å². The lowest BCUT2D eigenvalue weighted by atomic mass is 9.90. The van der Waals surface area contributed by atoms with Gasteiger partial charge < -0.3 is 0 Å². The number of halogens is 1. The third-order valence-corrected chi connectivity index (χ3v) is 4.33. The molecule has 3 nitrogen and oxygen atoms in total. The lowest BCUT2D eigenvalue weighted by molar-refractivity contribution is 0.175. The molecule has 1 aliphatic rings. The van der Waals surface area contributed by atoms with E-state index in [9.17, 15) is 0 Å². The molecule has 0 saturated carbocycles. The monoisotopic (exact) mass is 301 g/mol. The quantitative estimate of drug-likeness (QED) is 0.864. The van der Waals surface area contributed by atoms with Gasteiger partial charge in [-0.15, -0.1) is 0 Å². The third-order valence-electron chi connectivity index (χ3n) is 4.13. The molecule has 0 unspecified atom stereocenters. The van der Waals surface area contributed by atoms with Crippen molar-refractivity contribution in [1.29, 1.82) is 0 Å². The molecule has 2 aromatic rings. The number of likely N-dealkylation sites (tertiary alicyclic amines) is 1. The zero-order valence-electron chi connectivity index (χ0n) is 12.1. The molecule has 4 heteroatoms. The summed E-state index contributed by atoms with van der Waals surface area (Å²) in [5.74, 6) is 0.806. The summed E-state index contributed by atoms with van der Waals surface area (Å²) in [7, 11) is 0. The predicted octanol–water partition coefficient (Wildman–Crippen LogP) is 3.58. The van der Waals surface area contributed by atoms with Crippen molar-refractivity contribution in [2.75, 3.05) is 13.1 Å². The maximum atomic E-state index is 5.76. The smallest absolute Gasteiger partial charge is 0.147 e. The normalized spacial score (nSPS) is 17.0. The van der Waals surface area contributed by atoms with E-state index in [2.05, 4.69) is 45.2 Å². The van der Waals surface area contributed by atoms with Gasteiger partial charge in [0.25, 0.3) is 0 Å². The van der Waals surface area contributed by atoms with E-state index in [-0.39, 0.29) is 0 Å². The van der Waals surface area contributed by atoms with Crippen molar-refractivity contribution in [3.05, 3.63) is 59.1 Å². The van der Waals surface area contributed by atoms with Crippen LogP contribution in [0, 0.1) is 5.92 Å². The molecule has 0 spiro atoms. The fourth-order valence-corrected chi connectivity index (χ4v) is 3.04. The molecule has 1 fully saturated rings. The Bertz CT molecular complexity index is 548. The highest BCUT2D eigenvalue weighted by atomic mass is 35.5. The zero-order valence-corrected chi connectivity index (χ0v) is 12.8. The van der Waals surface area contributed by atoms with Crippen LogP contribution >= 0.6 is 11.6 Å². The number of piperidine rings is 1. The van der Waals surface area contributed by atoms with Crippen molar-refractivity contribution in [3.63, 3.8) is 0 Å². The SMILES string of the molecule is Clc1cnc(CN2CCC(Cc3ccccc3)CC2)cn1.